The van der Waals surface area contributed by atoms with E-state index in [2.05, 4.69) is 32.6 Å². The van der Waals surface area contributed by atoms with Gasteiger partial charge in [-0.15, -0.1) is 0 Å². The summed E-state index contributed by atoms with van der Waals surface area (Å²) in [4.78, 5) is 2.63. The molecule has 118 valence electrons. The molecule has 0 amide bonds. The summed E-state index contributed by atoms with van der Waals surface area (Å²) in [6.07, 6.45) is 8.60. The second kappa shape index (κ2) is 6.79. The molecule has 20 heavy (non-hydrogen) atoms. The highest BCUT2D eigenvalue weighted by atomic mass is 16.3. The van der Waals surface area contributed by atoms with Crippen molar-refractivity contribution in [1.82, 2.24) is 4.90 Å². The number of nitrogens with zero attached hydrogens (tertiary/aromatic N) is 1. The van der Waals surface area contributed by atoms with Gasteiger partial charge in [0.1, 0.15) is 0 Å². The van der Waals surface area contributed by atoms with Crippen molar-refractivity contribution in [2.45, 2.75) is 84.8 Å². The van der Waals surface area contributed by atoms with Gasteiger partial charge in [0.2, 0.25) is 0 Å². The van der Waals surface area contributed by atoms with Crippen LogP contribution in [0, 0.1) is 17.3 Å². The Hall–Kier alpha value is -0.0800. The van der Waals surface area contributed by atoms with Gasteiger partial charge in [0.05, 0.1) is 6.10 Å². The maximum Gasteiger partial charge on any atom is 0.0695 e. The van der Waals surface area contributed by atoms with E-state index in [4.69, 9.17) is 0 Å². The normalized spacial score (nSPS) is 31.8. The van der Waals surface area contributed by atoms with Gasteiger partial charge in [-0.05, 0) is 62.3 Å². The van der Waals surface area contributed by atoms with Crippen molar-refractivity contribution in [2.24, 2.45) is 17.3 Å². The van der Waals surface area contributed by atoms with Crippen molar-refractivity contribution < 1.29 is 5.11 Å². The maximum atomic E-state index is 10.5. The fourth-order valence-corrected chi connectivity index (χ4v) is 3.83. The van der Waals surface area contributed by atoms with Crippen LogP contribution in [0.1, 0.15) is 72.6 Å². The summed E-state index contributed by atoms with van der Waals surface area (Å²) in [5, 5.41) is 10.5. The molecule has 0 spiro atoms. The fourth-order valence-electron chi connectivity index (χ4n) is 3.83. The quantitative estimate of drug-likeness (QED) is 0.760. The van der Waals surface area contributed by atoms with E-state index in [1.165, 1.54) is 45.1 Å². The van der Waals surface area contributed by atoms with E-state index in [0.717, 1.165) is 24.8 Å². The van der Waals surface area contributed by atoms with Gasteiger partial charge in [-0.2, -0.15) is 0 Å². The second-order valence-electron chi connectivity index (χ2n) is 7.93. The van der Waals surface area contributed by atoms with Crippen molar-refractivity contribution in [3.63, 3.8) is 0 Å². The Morgan fingerprint density at radius 3 is 2.35 bits per heavy atom. The van der Waals surface area contributed by atoms with E-state index in [1.807, 2.05) is 0 Å². The molecule has 0 bridgehead atoms. The standard InChI is InChI=1S/C18H35NO/c1-5-11-19(13-14-7-8-14)16-12-15(9-10-17(16)20)18(3,4)6-2/h14-17,20H,5-13H2,1-4H3. The number of aliphatic hydroxyl groups excluding tert-OH is 1. The van der Waals surface area contributed by atoms with Gasteiger partial charge in [-0.3, -0.25) is 4.90 Å². The Labute approximate surface area is 125 Å². The van der Waals surface area contributed by atoms with Gasteiger partial charge in [0, 0.05) is 12.6 Å². The molecule has 0 radical (unpaired) electrons. The Bertz CT molecular complexity index is 298. The molecule has 0 aromatic heterocycles. The smallest absolute Gasteiger partial charge is 0.0695 e. The van der Waals surface area contributed by atoms with Crippen LogP contribution in [0.4, 0.5) is 0 Å². The van der Waals surface area contributed by atoms with Crippen LogP contribution in [0.2, 0.25) is 0 Å². The van der Waals surface area contributed by atoms with Crippen molar-refractivity contribution in [1.29, 1.82) is 0 Å². The molecule has 0 aliphatic heterocycles. The molecule has 2 saturated carbocycles. The van der Waals surface area contributed by atoms with Crippen LogP contribution < -0.4 is 0 Å². The zero-order valence-electron chi connectivity index (χ0n) is 14.1. The molecular weight excluding hydrogens is 246 g/mol. The van der Waals surface area contributed by atoms with Gasteiger partial charge in [0.25, 0.3) is 0 Å². The van der Waals surface area contributed by atoms with Crippen LogP contribution in [-0.4, -0.2) is 35.2 Å². The lowest BCUT2D eigenvalue weighted by molar-refractivity contribution is -0.0224. The Morgan fingerprint density at radius 1 is 1.10 bits per heavy atom. The zero-order chi connectivity index (χ0) is 14.8. The fraction of sp³-hybridized carbons (Fsp3) is 1.00. The summed E-state index contributed by atoms with van der Waals surface area (Å²) in [5.74, 6) is 1.70. The molecule has 2 heteroatoms. The molecule has 2 aliphatic carbocycles. The highest BCUT2D eigenvalue weighted by Gasteiger charge is 2.39. The molecule has 2 fully saturated rings. The summed E-state index contributed by atoms with van der Waals surface area (Å²) in [6.45, 7) is 11.8. The molecule has 0 heterocycles. The number of rotatable bonds is 7. The summed E-state index contributed by atoms with van der Waals surface area (Å²) in [5.41, 5.74) is 0.426. The first-order chi connectivity index (χ1) is 9.47. The van der Waals surface area contributed by atoms with Crippen LogP contribution in [0.15, 0.2) is 0 Å². The van der Waals surface area contributed by atoms with Crippen LogP contribution >= 0.6 is 0 Å². The van der Waals surface area contributed by atoms with Gasteiger partial charge in [-0.25, -0.2) is 0 Å². The van der Waals surface area contributed by atoms with Gasteiger partial charge in [0.15, 0.2) is 0 Å². The number of hydrogen-bond donors (Lipinski definition) is 1. The van der Waals surface area contributed by atoms with Crippen LogP contribution in [-0.2, 0) is 0 Å². The Balaban J connectivity index is 2.01. The molecule has 2 nitrogen and oxygen atoms in total. The van der Waals surface area contributed by atoms with Gasteiger partial charge in [-0.1, -0.05) is 34.1 Å². The molecular formula is C18H35NO. The molecule has 0 aromatic rings. The first kappa shape index (κ1) is 16.3. The molecule has 3 unspecified atom stereocenters. The summed E-state index contributed by atoms with van der Waals surface area (Å²) in [6, 6.07) is 0.417. The predicted molar refractivity (Wildman–Crippen MR) is 85.8 cm³/mol. The number of aliphatic hydroxyl groups is 1. The highest BCUT2D eigenvalue weighted by molar-refractivity contribution is 4.93. The van der Waals surface area contributed by atoms with E-state index in [9.17, 15) is 5.11 Å². The third-order valence-corrected chi connectivity index (χ3v) is 5.97. The lowest BCUT2D eigenvalue weighted by atomic mass is 9.67. The van der Waals surface area contributed by atoms with E-state index >= 15 is 0 Å². The molecule has 1 N–H and O–H groups in total. The van der Waals surface area contributed by atoms with E-state index in [1.54, 1.807) is 0 Å². The maximum absolute atomic E-state index is 10.5. The van der Waals surface area contributed by atoms with Crippen LogP contribution in [0.3, 0.4) is 0 Å². The zero-order valence-corrected chi connectivity index (χ0v) is 14.1. The van der Waals surface area contributed by atoms with Crippen LogP contribution in [0.5, 0.6) is 0 Å². The Kier molecular flexibility index (Phi) is 5.53. The van der Waals surface area contributed by atoms with Gasteiger partial charge >= 0.3 is 0 Å². The SMILES string of the molecule is CCCN(CC1CC1)C1CC(C(C)(C)CC)CCC1O. The van der Waals surface area contributed by atoms with Crippen molar-refractivity contribution in [2.75, 3.05) is 13.1 Å². The summed E-state index contributed by atoms with van der Waals surface area (Å²) >= 11 is 0. The molecule has 0 saturated heterocycles. The third kappa shape index (κ3) is 3.98. The minimum atomic E-state index is -0.0933. The van der Waals surface area contributed by atoms with E-state index < -0.39 is 0 Å². The summed E-state index contributed by atoms with van der Waals surface area (Å²) < 4.78 is 0. The largest absolute Gasteiger partial charge is 0.391 e. The molecule has 2 aliphatic rings. The molecule has 2 rings (SSSR count). The topological polar surface area (TPSA) is 23.5 Å². The van der Waals surface area contributed by atoms with E-state index in [-0.39, 0.29) is 6.10 Å². The minimum absolute atomic E-state index is 0.0933. The first-order valence-electron chi connectivity index (χ1n) is 8.90. The average molecular weight is 281 g/mol. The Morgan fingerprint density at radius 2 is 1.80 bits per heavy atom. The lowest BCUT2D eigenvalue weighted by Gasteiger charge is -2.45. The monoisotopic (exact) mass is 281 g/mol. The first-order valence-corrected chi connectivity index (χ1v) is 8.90. The minimum Gasteiger partial charge on any atom is -0.391 e. The lowest BCUT2D eigenvalue weighted by Crippen LogP contribution is -2.50. The van der Waals surface area contributed by atoms with Crippen LogP contribution in [0.25, 0.3) is 0 Å². The third-order valence-electron chi connectivity index (χ3n) is 5.97. The van der Waals surface area contributed by atoms with Gasteiger partial charge < -0.3 is 5.11 Å². The summed E-state index contributed by atoms with van der Waals surface area (Å²) in [7, 11) is 0. The molecule has 3 atom stereocenters. The second-order valence-corrected chi connectivity index (χ2v) is 7.93. The highest BCUT2D eigenvalue weighted by Crippen LogP contribution is 2.42. The van der Waals surface area contributed by atoms with E-state index in [0.29, 0.717) is 11.5 Å². The van der Waals surface area contributed by atoms with Crippen molar-refractivity contribution in [3.8, 4) is 0 Å². The average Bonchev–Trinajstić information content (AvgIpc) is 3.22. The predicted octanol–water partition coefficient (Wildman–Crippen LogP) is 4.07. The number of hydrogen-bond acceptors (Lipinski definition) is 2. The molecule has 0 aromatic carbocycles. The van der Waals surface area contributed by atoms with Crippen molar-refractivity contribution in [3.05, 3.63) is 0 Å². The van der Waals surface area contributed by atoms with Crippen molar-refractivity contribution >= 4 is 0 Å².